The predicted molar refractivity (Wildman–Crippen MR) is 49.3 cm³/mol. The number of nitrogens with zero attached hydrogens (tertiary/aromatic N) is 1. The predicted octanol–water partition coefficient (Wildman–Crippen LogP) is 2.80. The van der Waals surface area contributed by atoms with Crippen LogP contribution in [0.15, 0.2) is 23.8 Å². The highest BCUT2D eigenvalue weighted by Gasteiger charge is 2.17. The third kappa shape index (κ3) is 1.94. The van der Waals surface area contributed by atoms with Gasteiger partial charge in [0.15, 0.2) is 0 Å². The number of allylic oxidation sites excluding steroid dienone is 4. The van der Waals surface area contributed by atoms with Crippen LogP contribution in [0.5, 0.6) is 0 Å². The standard InChI is InChI=1S/C9H10BrN/c1-7-8(5-6-11)3-2-4-9(7)10/h2-4,7,9H,5H2,1H3. The average molecular weight is 212 g/mol. The molecule has 0 spiro atoms. The Hall–Kier alpha value is -0.550. The Labute approximate surface area is 75.5 Å². The molecular formula is C9H10BrN. The van der Waals surface area contributed by atoms with E-state index < -0.39 is 0 Å². The van der Waals surface area contributed by atoms with Gasteiger partial charge in [0.05, 0.1) is 12.5 Å². The van der Waals surface area contributed by atoms with E-state index in [9.17, 15) is 0 Å². The molecule has 0 aromatic carbocycles. The van der Waals surface area contributed by atoms with E-state index in [0.29, 0.717) is 17.2 Å². The molecule has 1 nitrogen and oxygen atoms in total. The lowest BCUT2D eigenvalue weighted by atomic mass is 9.91. The fraction of sp³-hybridized carbons (Fsp3) is 0.444. The number of rotatable bonds is 1. The quantitative estimate of drug-likeness (QED) is 0.613. The second-order valence-corrected chi connectivity index (χ2v) is 3.75. The highest BCUT2D eigenvalue weighted by Crippen LogP contribution is 2.27. The third-order valence-corrected chi connectivity index (χ3v) is 3.05. The normalized spacial score (nSPS) is 29.4. The maximum Gasteiger partial charge on any atom is 0.0666 e. The van der Waals surface area contributed by atoms with Crippen molar-refractivity contribution >= 4 is 15.9 Å². The second-order valence-electron chi connectivity index (χ2n) is 2.69. The highest BCUT2D eigenvalue weighted by molar-refractivity contribution is 9.09. The Morgan fingerprint density at radius 3 is 3.09 bits per heavy atom. The van der Waals surface area contributed by atoms with E-state index in [1.165, 1.54) is 5.57 Å². The monoisotopic (exact) mass is 211 g/mol. The van der Waals surface area contributed by atoms with Gasteiger partial charge in [0, 0.05) is 4.83 Å². The maximum absolute atomic E-state index is 8.49. The lowest BCUT2D eigenvalue weighted by Crippen LogP contribution is -2.13. The summed E-state index contributed by atoms with van der Waals surface area (Å²) in [5.74, 6) is 0.458. The first-order valence-corrected chi connectivity index (χ1v) is 4.55. The first kappa shape index (κ1) is 8.55. The molecule has 2 heteroatoms. The minimum absolute atomic E-state index is 0.399. The summed E-state index contributed by atoms with van der Waals surface area (Å²) in [6, 6.07) is 2.17. The van der Waals surface area contributed by atoms with Gasteiger partial charge in [0.25, 0.3) is 0 Å². The largest absolute Gasteiger partial charge is 0.198 e. The average Bonchev–Trinajstić information content (AvgIpc) is 1.99. The van der Waals surface area contributed by atoms with E-state index in [2.05, 4.69) is 35.0 Å². The number of alkyl halides is 1. The van der Waals surface area contributed by atoms with Crippen LogP contribution >= 0.6 is 15.9 Å². The van der Waals surface area contributed by atoms with Gasteiger partial charge in [0.1, 0.15) is 0 Å². The molecule has 11 heavy (non-hydrogen) atoms. The van der Waals surface area contributed by atoms with Gasteiger partial charge in [-0.25, -0.2) is 0 Å². The van der Waals surface area contributed by atoms with Crippen molar-refractivity contribution in [1.29, 1.82) is 5.26 Å². The lowest BCUT2D eigenvalue weighted by Gasteiger charge is -2.19. The van der Waals surface area contributed by atoms with Crippen LogP contribution in [0.3, 0.4) is 0 Å². The molecule has 0 amide bonds. The van der Waals surface area contributed by atoms with Crippen LogP contribution in [-0.2, 0) is 0 Å². The second kappa shape index (κ2) is 3.73. The first-order valence-electron chi connectivity index (χ1n) is 3.64. The van der Waals surface area contributed by atoms with Crippen molar-refractivity contribution in [2.24, 2.45) is 5.92 Å². The van der Waals surface area contributed by atoms with Crippen LogP contribution in [0.25, 0.3) is 0 Å². The zero-order valence-electron chi connectivity index (χ0n) is 6.42. The van der Waals surface area contributed by atoms with Gasteiger partial charge in [-0.05, 0) is 5.92 Å². The topological polar surface area (TPSA) is 23.8 Å². The minimum Gasteiger partial charge on any atom is -0.198 e. The van der Waals surface area contributed by atoms with Gasteiger partial charge in [0.2, 0.25) is 0 Å². The van der Waals surface area contributed by atoms with Gasteiger partial charge in [-0.3, -0.25) is 0 Å². The van der Waals surface area contributed by atoms with E-state index >= 15 is 0 Å². The lowest BCUT2D eigenvalue weighted by molar-refractivity contribution is 0.694. The molecule has 0 aliphatic heterocycles. The molecular weight excluding hydrogens is 202 g/mol. The van der Waals surface area contributed by atoms with E-state index in [4.69, 9.17) is 5.26 Å². The summed E-state index contributed by atoms with van der Waals surface area (Å²) in [4.78, 5) is 0.399. The zero-order chi connectivity index (χ0) is 8.27. The fourth-order valence-electron chi connectivity index (χ4n) is 1.12. The van der Waals surface area contributed by atoms with Crippen molar-refractivity contribution in [3.63, 3.8) is 0 Å². The molecule has 0 aromatic rings. The summed E-state index contributed by atoms with van der Waals surface area (Å²) in [7, 11) is 0. The molecule has 0 heterocycles. The van der Waals surface area contributed by atoms with Crippen LogP contribution in [0.2, 0.25) is 0 Å². The molecule has 58 valence electrons. The van der Waals surface area contributed by atoms with Crippen molar-refractivity contribution in [2.45, 2.75) is 18.2 Å². The van der Waals surface area contributed by atoms with E-state index in [1.54, 1.807) is 0 Å². The minimum atomic E-state index is 0.399. The van der Waals surface area contributed by atoms with Crippen molar-refractivity contribution in [1.82, 2.24) is 0 Å². The SMILES string of the molecule is CC1C(CC#N)=CC=CC1Br. The molecule has 1 aliphatic rings. The summed E-state index contributed by atoms with van der Waals surface area (Å²) in [5, 5.41) is 8.49. The Morgan fingerprint density at radius 1 is 1.73 bits per heavy atom. The Bertz CT molecular complexity index is 234. The first-order chi connectivity index (χ1) is 5.25. The Balaban J connectivity index is 2.72. The van der Waals surface area contributed by atoms with Crippen LogP contribution in [-0.4, -0.2) is 4.83 Å². The van der Waals surface area contributed by atoms with Crippen molar-refractivity contribution in [3.05, 3.63) is 23.8 Å². The van der Waals surface area contributed by atoms with Gasteiger partial charge in [-0.1, -0.05) is 46.7 Å². The summed E-state index contributed by atoms with van der Waals surface area (Å²) in [5.41, 5.74) is 1.22. The molecule has 0 saturated heterocycles. The molecule has 0 aromatic heterocycles. The molecule has 0 N–H and O–H groups in total. The Morgan fingerprint density at radius 2 is 2.45 bits per heavy atom. The molecule has 0 bridgehead atoms. The van der Waals surface area contributed by atoms with Crippen molar-refractivity contribution in [2.75, 3.05) is 0 Å². The van der Waals surface area contributed by atoms with Crippen molar-refractivity contribution in [3.8, 4) is 6.07 Å². The zero-order valence-corrected chi connectivity index (χ0v) is 8.01. The number of nitriles is 1. The van der Waals surface area contributed by atoms with Crippen LogP contribution in [0, 0.1) is 17.2 Å². The van der Waals surface area contributed by atoms with E-state index in [0.717, 1.165) is 0 Å². The molecule has 2 unspecified atom stereocenters. The third-order valence-electron chi connectivity index (χ3n) is 1.95. The summed E-state index contributed by atoms with van der Waals surface area (Å²) in [6.07, 6.45) is 6.69. The summed E-state index contributed by atoms with van der Waals surface area (Å²) >= 11 is 3.53. The molecule has 0 saturated carbocycles. The number of hydrogen-bond donors (Lipinski definition) is 0. The van der Waals surface area contributed by atoms with Crippen LogP contribution in [0.1, 0.15) is 13.3 Å². The molecule has 0 fully saturated rings. The molecule has 2 atom stereocenters. The number of halogens is 1. The van der Waals surface area contributed by atoms with E-state index in [-0.39, 0.29) is 0 Å². The summed E-state index contributed by atoms with van der Waals surface area (Å²) in [6.45, 7) is 2.13. The maximum atomic E-state index is 8.49. The van der Waals surface area contributed by atoms with Crippen molar-refractivity contribution < 1.29 is 0 Å². The van der Waals surface area contributed by atoms with Gasteiger partial charge < -0.3 is 0 Å². The molecule has 1 rings (SSSR count). The Kier molecular flexibility index (Phi) is 2.90. The number of hydrogen-bond acceptors (Lipinski definition) is 1. The summed E-state index contributed by atoms with van der Waals surface area (Å²) < 4.78 is 0. The van der Waals surface area contributed by atoms with Crippen LogP contribution in [0.4, 0.5) is 0 Å². The van der Waals surface area contributed by atoms with Crippen LogP contribution < -0.4 is 0 Å². The van der Waals surface area contributed by atoms with Gasteiger partial charge in [-0.2, -0.15) is 5.26 Å². The van der Waals surface area contributed by atoms with E-state index in [1.807, 2.05) is 12.2 Å². The van der Waals surface area contributed by atoms with Gasteiger partial charge >= 0.3 is 0 Å². The fourth-order valence-corrected chi connectivity index (χ4v) is 1.64. The molecule has 1 aliphatic carbocycles. The highest BCUT2D eigenvalue weighted by atomic mass is 79.9. The van der Waals surface area contributed by atoms with Gasteiger partial charge in [-0.15, -0.1) is 0 Å². The smallest absolute Gasteiger partial charge is 0.0666 e. The molecule has 0 radical (unpaired) electrons.